The summed E-state index contributed by atoms with van der Waals surface area (Å²) >= 11 is 0. The van der Waals surface area contributed by atoms with E-state index in [1.54, 1.807) is 0 Å². The lowest BCUT2D eigenvalue weighted by Gasteiger charge is -2.57. The van der Waals surface area contributed by atoms with E-state index in [0.29, 0.717) is 29.5 Å². The second kappa shape index (κ2) is 7.43. The van der Waals surface area contributed by atoms with Gasteiger partial charge in [-0.2, -0.15) is 0 Å². The summed E-state index contributed by atoms with van der Waals surface area (Å²) in [5, 5.41) is 7.56. The molecule has 0 amide bonds. The van der Waals surface area contributed by atoms with E-state index in [9.17, 15) is 0 Å². The molecular formula is C20H36N4O. The molecule has 3 atom stereocenters. The molecule has 2 aliphatic heterocycles. The third-order valence-corrected chi connectivity index (χ3v) is 7.27. The molecule has 2 saturated heterocycles. The van der Waals surface area contributed by atoms with Crippen LogP contribution in [0.25, 0.3) is 0 Å². The third-order valence-electron chi connectivity index (χ3n) is 7.27. The van der Waals surface area contributed by atoms with Gasteiger partial charge in [-0.25, -0.2) is 0 Å². The highest BCUT2D eigenvalue weighted by atomic mass is 16.5. The topological polar surface area (TPSA) is 48.9 Å². The summed E-state index contributed by atoms with van der Waals surface area (Å²) in [6.07, 6.45) is 10.8. The number of likely N-dealkylation sites (tertiary alicyclic amines) is 1. The predicted octanol–water partition coefficient (Wildman–Crippen LogP) is 2.37. The fourth-order valence-corrected chi connectivity index (χ4v) is 6.03. The number of rotatable bonds is 4. The maximum absolute atomic E-state index is 6.11. The third kappa shape index (κ3) is 3.18. The number of aliphatic imine (C=N–C) groups is 1. The lowest BCUT2D eigenvalue weighted by Crippen LogP contribution is -2.69. The predicted molar refractivity (Wildman–Crippen MR) is 102 cm³/mol. The number of nitrogens with one attached hydrogen (secondary N) is 2. The first-order chi connectivity index (χ1) is 12.3. The van der Waals surface area contributed by atoms with Crippen molar-refractivity contribution in [2.24, 2.45) is 16.3 Å². The average molecular weight is 349 g/mol. The summed E-state index contributed by atoms with van der Waals surface area (Å²) in [5.41, 5.74) is 0.392. The lowest BCUT2D eigenvalue weighted by atomic mass is 9.54. The van der Waals surface area contributed by atoms with Gasteiger partial charge in [-0.3, -0.25) is 4.99 Å². The Labute approximate surface area is 153 Å². The number of nitrogens with zero attached hydrogens (tertiary/aromatic N) is 2. The first-order valence-corrected chi connectivity index (χ1v) is 10.6. The van der Waals surface area contributed by atoms with Crippen molar-refractivity contribution in [1.82, 2.24) is 15.5 Å². The summed E-state index contributed by atoms with van der Waals surface area (Å²) in [6.45, 7) is 6.90. The molecule has 5 nitrogen and oxygen atoms in total. The van der Waals surface area contributed by atoms with Gasteiger partial charge in [-0.15, -0.1) is 0 Å². The lowest BCUT2D eigenvalue weighted by molar-refractivity contribution is -0.125. The summed E-state index contributed by atoms with van der Waals surface area (Å²) < 4.78 is 6.11. The van der Waals surface area contributed by atoms with Gasteiger partial charge in [0.1, 0.15) is 0 Å². The number of ether oxygens (including phenoxy) is 1. The molecule has 142 valence electrons. The second-order valence-electron chi connectivity index (χ2n) is 8.64. The zero-order valence-electron chi connectivity index (χ0n) is 16.1. The van der Waals surface area contributed by atoms with Crippen molar-refractivity contribution in [1.29, 1.82) is 0 Å². The highest BCUT2D eigenvalue weighted by Gasteiger charge is 2.65. The monoisotopic (exact) mass is 348 g/mol. The quantitative estimate of drug-likeness (QED) is 0.605. The van der Waals surface area contributed by atoms with Gasteiger partial charge in [0, 0.05) is 50.2 Å². The SMILES string of the molecule is CCCN1CCC(NC(=NC)NC2C3CCOC3C23CCCC3)CC1. The molecule has 0 radical (unpaired) electrons. The van der Waals surface area contributed by atoms with Gasteiger partial charge in [0.15, 0.2) is 5.96 Å². The van der Waals surface area contributed by atoms with Crippen LogP contribution in [0.3, 0.4) is 0 Å². The molecular weight excluding hydrogens is 312 g/mol. The van der Waals surface area contributed by atoms with E-state index in [1.807, 2.05) is 7.05 Å². The van der Waals surface area contributed by atoms with E-state index in [1.165, 1.54) is 71.0 Å². The zero-order chi connectivity index (χ0) is 17.3. The van der Waals surface area contributed by atoms with Crippen LogP contribution < -0.4 is 10.6 Å². The van der Waals surface area contributed by atoms with Crippen LogP contribution in [-0.4, -0.2) is 62.3 Å². The van der Waals surface area contributed by atoms with Gasteiger partial charge in [-0.1, -0.05) is 19.8 Å². The van der Waals surface area contributed by atoms with Crippen molar-refractivity contribution in [3.8, 4) is 0 Å². The summed E-state index contributed by atoms with van der Waals surface area (Å²) in [6, 6.07) is 1.13. The highest BCUT2D eigenvalue weighted by Crippen LogP contribution is 2.60. The number of hydrogen-bond donors (Lipinski definition) is 2. The molecule has 0 bridgehead atoms. The number of hydrogen-bond acceptors (Lipinski definition) is 3. The fourth-order valence-electron chi connectivity index (χ4n) is 6.03. The van der Waals surface area contributed by atoms with E-state index in [2.05, 4.69) is 27.4 Å². The summed E-state index contributed by atoms with van der Waals surface area (Å²) in [4.78, 5) is 7.16. The van der Waals surface area contributed by atoms with Crippen LogP contribution in [-0.2, 0) is 4.74 Å². The van der Waals surface area contributed by atoms with Crippen LogP contribution in [0.1, 0.15) is 58.3 Å². The molecule has 2 saturated carbocycles. The van der Waals surface area contributed by atoms with Crippen molar-refractivity contribution in [3.63, 3.8) is 0 Å². The summed E-state index contributed by atoms with van der Waals surface area (Å²) in [7, 11) is 1.92. The Bertz CT molecular complexity index is 480. The molecule has 0 aromatic carbocycles. The molecule has 2 N–H and O–H groups in total. The van der Waals surface area contributed by atoms with Crippen LogP contribution >= 0.6 is 0 Å². The molecule has 1 spiro atoms. The van der Waals surface area contributed by atoms with Gasteiger partial charge in [0.2, 0.25) is 0 Å². The zero-order valence-corrected chi connectivity index (χ0v) is 16.1. The fraction of sp³-hybridized carbons (Fsp3) is 0.950. The maximum Gasteiger partial charge on any atom is 0.191 e. The Balaban J connectivity index is 1.33. The van der Waals surface area contributed by atoms with E-state index >= 15 is 0 Å². The minimum Gasteiger partial charge on any atom is -0.377 e. The molecule has 4 aliphatic rings. The van der Waals surface area contributed by atoms with Gasteiger partial charge in [0.05, 0.1) is 6.10 Å². The van der Waals surface area contributed by atoms with E-state index in [4.69, 9.17) is 4.74 Å². The van der Waals surface area contributed by atoms with Crippen molar-refractivity contribution in [2.45, 2.75) is 76.5 Å². The first kappa shape index (κ1) is 17.6. The Kier molecular flexibility index (Phi) is 5.23. The van der Waals surface area contributed by atoms with Crippen molar-refractivity contribution < 1.29 is 4.74 Å². The maximum atomic E-state index is 6.11. The van der Waals surface area contributed by atoms with Crippen LogP contribution in [0, 0.1) is 11.3 Å². The first-order valence-electron chi connectivity index (χ1n) is 10.6. The average Bonchev–Trinajstić information content (AvgIpc) is 3.29. The highest BCUT2D eigenvalue weighted by molar-refractivity contribution is 5.80. The molecule has 4 fully saturated rings. The van der Waals surface area contributed by atoms with Crippen molar-refractivity contribution in [3.05, 3.63) is 0 Å². The van der Waals surface area contributed by atoms with Crippen LogP contribution in [0.4, 0.5) is 0 Å². The summed E-state index contributed by atoms with van der Waals surface area (Å²) in [5.74, 6) is 1.72. The molecule has 4 rings (SSSR count). The van der Waals surface area contributed by atoms with E-state index < -0.39 is 0 Å². The normalized spacial score (nSPS) is 35.6. The molecule has 3 unspecified atom stereocenters. The molecule has 0 aromatic rings. The smallest absolute Gasteiger partial charge is 0.191 e. The van der Waals surface area contributed by atoms with Crippen LogP contribution in [0.15, 0.2) is 4.99 Å². The minimum atomic E-state index is 0.392. The molecule has 2 aliphatic carbocycles. The molecule has 2 heterocycles. The Hall–Kier alpha value is -0.810. The van der Waals surface area contributed by atoms with Crippen molar-refractivity contribution in [2.75, 3.05) is 33.3 Å². The Morgan fingerprint density at radius 3 is 2.60 bits per heavy atom. The standard InChI is InChI=1S/C20H36N4O/c1-3-11-24-12-6-15(7-13-24)22-19(21-2)23-17-16-8-14-25-18(16)20(17)9-4-5-10-20/h15-18H,3-14H2,1-2H3,(H2,21,22,23). The number of fused-ring (bicyclic) bond motifs is 2. The van der Waals surface area contributed by atoms with Gasteiger partial charge >= 0.3 is 0 Å². The molecule has 25 heavy (non-hydrogen) atoms. The Morgan fingerprint density at radius 2 is 1.92 bits per heavy atom. The van der Waals surface area contributed by atoms with Gasteiger partial charge in [-0.05, 0) is 45.1 Å². The minimum absolute atomic E-state index is 0.392. The number of piperidine rings is 1. The van der Waals surface area contributed by atoms with Gasteiger partial charge < -0.3 is 20.3 Å². The molecule has 0 aromatic heterocycles. The van der Waals surface area contributed by atoms with Crippen LogP contribution in [0.5, 0.6) is 0 Å². The second-order valence-corrected chi connectivity index (χ2v) is 8.64. The van der Waals surface area contributed by atoms with Gasteiger partial charge in [0.25, 0.3) is 0 Å². The van der Waals surface area contributed by atoms with E-state index in [0.717, 1.165) is 12.6 Å². The van der Waals surface area contributed by atoms with Crippen LogP contribution in [0.2, 0.25) is 0 Å². The van der Waals surface area contributed by atoms with Crippen molar-refractivity contribution >= 4 is 5.96 Å². The Morgan fingerprint density at radius 1 is 1.16 bits per heavy atom. The molecule has 5 heteroatoms. The van der Waals surface area contributed by atoms with E-state index in [-0.39, 0.29) is 0 Å². The number of guanidine groups is 1. The largest absolute Gasteiger partial charge is 0.377 e.